The van der Waals surface area contributed by atoms with Crippen molar-refractivity contribution in [3.05, 3.63) is 42.2 Å². The Morgan fingerprint density at radius 3 is 3.27 bits per heavy atom. The third-order valence-corrected chi connectivity index (χ3v) is 3.65. The van der Waals surface area contributed by atoms with Gasteiger partial charge in [0.05, 0.1) is 0 Å². The fourth-order valence-electron chi connectivity index (χ4n) is 2.70. The minimum absolute atomic E-state index is 0.703. The third kappa shape index (κ3) is 1.70. The summed E-state index contributed by atoms with van der Waals surface area (Å²) in [6.07, 6.45) is 11.1. The molecular formula is C13H16N2. The summed E-state index contributed by atoms with van der Waals surface area (Å²) >= 11 is 0. The van der Waals surface area contributed by atoms with E-state index in [1.807, 2.05) is 18.5 Å². The first kappa shape index (κ1) is 9.10. The summed E-state index contributed by atoms with van der Waals surface area (Å²) in [6, 6.07) is 4.82. The van der Waals surface area contributed by atoms with Crippen molar-refractivity contribution in [1.82, 2.24) is 10.3 Å². The first-order valence-electron chi connectivity index (χ1n) is 5.72. The summed E-state index contributed by atoms with van der Waals surface area (Å²) in [4.78, 5) is 4.12. The molecule has 1 aromatic rings. The van der Waals surface area contributed by atoms with E-state index in [4.69, 9.17) is 0 Å². The molecule has 1 N–H and O–H groups in total. The van der Waals surface area contributed by atoms with E-state index in [0.717, 1.165) is 18.4 Å². The molecule has 2 nitrogen and oxygen atoms in total. The molecule has 2 aliphatic carbocycles. The number of nitrogens with one attached hydrogen (secondary N) is 1. The van der Waals surface area contributed by atoms with Crippen LogP contribution in [0.1, 0.15) is 18.4 Å². The number of rotatable bonds is 3. The molecule has 1 saturated carbocycles. The van der Waals surface area contributed by atoms with Gasteiger partial charge in [-0.25, -0.2) is 0 Å². The molecule has 2 heteroatoms. The molecule has 0 aliphatic heterocycles. The topological polar surface area (TPSA) is 24.9 Å². The van der Waals surface area contributed by atoms with Crippen LogP contribution < -0.4 is 5.32 Å². The molecule has 0 saturated heterocycles. The van der Waals surface area contributed by atoms with Crippen LogP contribution in [0.3, 0.4) is 0 Å². The molecule has 0 amide bonds. The minimum atomic E-state index is 0.703. The Morgan fingerprint density at radius 1 is 1.47 bits per heavy atom. The molecule has 3 rings (SSSR count). The maximum absolute atomic E-state index is 4.12. The molecule has 15 heavy (non-hydrogen) atoms. The second kappa shape index (κ2) is 3.78. The molecular weight excluding hydrogens is 184 g/mol. The fourth-order valence-corrected chi connectivity index (χ4v) is 2.70. The Kier molecular flexibility index (Phi) is 2.29. The summed E-state index contributed by atoms with van der Waals surface area (Å²) in [5.41, 5.74) is 1.28. The average molecular weight is 200 g/mol. The lowest BCUT2D eigenvalue weighted by Gasteiger charge is -2.40. The third-order valence-electron chi connectivity index (χ3n) is 3.65. The van der Waals surface area contributed by atoms with Crippen molar-refractivity contribution in [3.63, 3.8) is 0 Å². The van der Waals surface area contributed by atoms with Gasteiger partial charge >= 0.3 is 0 Å². The lowest BCUT2D eigenvalue weighted by atomic mass is 9.71. The van der Waals surface area contributed by atoms with E-state index in [2.05, 4.69) is 28.5 Å². The minimum Gasteiger partial charge on any atom is -0.309 e. The van der Waals surface area contributed by atoms with E-state index < -0.39 is 0 Å². The van der Waals surface area contributed by atoms with Gasteiger partial charge in [-0.3, -0.25) is 4.98 Å². The van der Waals surface area contributed by atoms with E-state index in [-0.39, 0.29) is 0 Å². The van der Waals surface area contributed by atoms with Crippen molar-refractivity contribution in [2.24, 2.45) is 11.8 Å². The van der Waals surface area contributed by atoms with Crippen LogP contribution in [0.4, 0.5) is 0 Å². The second-order valence-corrected chi connectivity index (χ2v) is 4.59. The van der Waals surface area contributed by atoms with Gasteiger partial charge in [0.1, 0.15) is 0 Å². The van der Waals surface area contributed by atoms with Crippen molar-refractivity contribution in [2.75, 3.05) is 0 Å². The second-order valence-electron chi connectivity index (χ2n) is 4.59. The summed E-state index contributed by atoms with van der Waals surface area (Å²) in [7, 11) is 0. The average Bonchev–Trinajstić information content (AvgIpc) is 2.62. The van der Waals surface area contributed by atoms with Crippen molar-refractivity contribution in [1.29, 1.82) is 0 Å². The van der Waals surface area contributed by atoms with Crippen LogP contribution in [0.2, 0.25) is 0 Å². The Bertz CT molecular complexity index is 358. The summed E-state index contributed by atoms with van der Waals surface area (Å²) in [5.74, 6) is 1.75. The van der Waals surface area contributed by atoms with Crippen LogP contribution in [0.15, 0.2) is 36.7 Å². The fraction of sp³-hybridized carbons (Fsp3) is 0.462. The van der Waals surface area contributed by atoms with Gasteiger partial charge in [-0.2, -0.15) is 0 Å². The van der Waals surface area contributed by atoms with Crippen LogP contribution in [0, 0.1) is 11.8 Å². The Balaban J connectivity index is 1.53. The number of allylic oxidation sites excluding steroid dienone is 1. The zero-order valence-corrected chi connectivity index (χ0v) is 8.76. The molecule has 78 valence electrons. The van der Waals surface area contributed by atoms with E-state index in [0.29, 0.717) is 6.04 Å². The Labute approximate surface area is 90.4 Å². The highest BCUT2D eigenvalue weighted by molar-refractivity contribution is 5.14. The van der Waals surface area contributed by atoms with E-state index in [1.165, 1.54) is 18.4 Å². The predicted molar refractivity (Wildman–Crippen MR) is 60.2 cm³/mol. The number of nitrogens with zero attached hydrogens (tertiary/aromatic N) is 1. The number of fused-ring (bicyclic) bond motifs is 1. The number of aromatic nitrogens is 1. The van der Waals surface area contributed by atoms with Gasteiger partial charge in [0, 0.05) is 25.0 Å². The Hall–Kier alpha value is -1.15. The number of hydrogen-bond acceptors (Lipinski definition) is 2. The quantitative estimate of drug-likeness (QED) is 0.756. The molecule has 3 unspecified atom stereocenters. The van der Waals surface area contributed by atoms with E-state index >= 15 is 0 Å². The molecule has 0 radical (unpaired) electrons. The van der Waals surface area contributed by atoms with Crippen LogP contribution >= 0.6 is 0 Å². The molecule has 3 atom stereocenters. The SMILES string of the molecule is C1=CC2C(C1)CC2NCc1cccnc1. The standard InChI is InChI=1S/C13H16N2/c1-4-11-7-13(12(11)5-1)15-9-10-3-2-6-14-8-10/h1-3,5-6,8,11-13,15H,4,7,9H2. The molecule has 0 aromatic carbocycles. The lowest BCUT2D eigenvalue weighted by molar-refractivity contribution is 0.162. The smallest absolute Gasteiger partial charge is 0.0312 e. The van der Waals surface area contributed by atoms with Gasteiger partial charge in [-0.1, -0.05) is 18.2 Å². The van der Waals surface area contributed by atoms with E-state index in [1.54, 1.807) is 0 Å². The van der Waals surface area contributed by atoms with Crippen LogP contribution in [0.25, 0.3) is 0 Å². The first-order valence-corrected chi connectivity index (χ1v) is 5.72. The van der Waals surface area contributed by atoms with Crippen LogP contribution in [-0.2, 0) is 6.54 Å². The van der Waals surface area contributed by atoms with Gasteiger partial charge in [-0.15, -0.1) is 0 Å². The molecule has 0 spiro atoms. The summed E-state index contributed by atoms with van der Waals surface area (Å²) in [6.45, 7) is 0.954. The molecule has 0 bridgehead atoms. The highest BCUT2D eigenvalue weighted by atomic mass is 14.9. The predicted octanol–water partition coefficient (Wildman–Crippen LogP) is 2.14. The molecule has 2 aliphatic rings. The zero-order chi connectivity index (χ0) is 10.1. The van der Waals surface area contributed by atoms with E-state index in [9.17, 15) is 0 Å². The maximum atomic E-state index is 4.12. The van der Waals surface area contributed by atoms with Crippen LogP contribution in [-0.4, -0.2) is 11.0 Å². The van der Waals surface area contributed by atoms with Crippen molar-refractivity contribution < 1.29 is 0 Å². The largest absolute Gasteiger partial charge is 0.309 e. The number of hydrogen-bond donors (Lipinski definition) is 1. The summed E-state index contributed by atoms with van der Waals surface area (Å²) < 4.78 is 0. The Morgan fingerprint density at radius 2 is 2.47 bits per heavy atom. The molecule has 1 aromatic heterocycles. The highest BCUT2D eigenvalue weighted by Gasteiger charge is 2.40. The van der Waals surface area contributed by atoms with Crippen molar-refractivity contribution in [3.8, 4) is 0 Å². The van der Waals surface area contributed by atoms with Gasteiger partial charge in [0.25, 0.3) is 0 Å². The van der Waals surface area contributed by atoms with Gasteiger partial charge in [0.2, 0.25) is 0 Å². The highest BCUT2D eigenvalue weighted by Crippen LogP contribution is 2.42. The summed E-state index contributed by atoms with van der Waals surface area (Å²) in [5, 5.41) is 3.62. The lowest BCUT2D eigenvalue weighted by Crippen LogP contribution is -2.47. The van der Waals surface area contributed by atoms with Gasteiger partial charge < -0.3 is 5.32 Å². The monoisotopic (exact) mass is 200 g/mol. The molecule has 1 fully saturated rings. The maximum Gasteiger partial charge on any atom is 0.0312 e. The first-order chi connectivity index (χ1) is 7.43. The zero-order valence-electron chi connectivity index (χ0n) is 8.76. The van der Waals surface area contributed by atoms with Crippen molar-refractivity contribution in [2.45, 2.75) is 25.4 Å². The number of pyridine rings is 1. The normalized spacial score (nSPS) is 32.4. The van der Waals surface area contributed by atoms with Crippen LogP contribution in [0.5, 0.6) is 0 Å². The molecule has 1 heterocycles. The van der Waals surface area contributed by atoms with Gasteiger partial charge in [-0.05, 0) is 36.3 Å². The van der Waals surface area contributed by atoms with Gasteiger partial charge in [0.15, 0.2) is 0 Å². The van der Waals surface area contributed by atoms with Crippen molar-refractivity contribution >= 4 is 0 Å².